The van der Waals surface area contributed by atoms with Gasteiger partial charge >= 0.3 is 11.9 Å². The van der Waals surface area contributed by atoms with Crippen LogP contribution < -0.4 is 4.74 Å². The predicted octanol–water partition coefficient (Wildman–Crippen LogP) is 8.27. The van der Waals surface area contributed by atoms with E-state index in [0.717, 1.165) is 32.3 Å². The molecule has 4 rings (SSSR count). The average molecular weight is 545 g/mol. The molecular formula is C33H36O5S. The van der Waals surface area contributed by atoms with E-state index < -0.39 is 23.0 Å². The first-order valence-corrected chi connectivity index (χ1v) is 13.9. The van der Waals surface area contributed by atoms with Crippen LogP contribution in [0.2, 0.25) is 0 Å². The van der Waals surface area contributed by atoms with E-state index >= 15 is 0 Å². The number of thiophene rings is 1. The number of hydrogen-bond acceptors (Lipinski definition) is 6. The summed E-state index contributed by atoms with van der Waals surface area (Å²) in [5.74, 6) is -0.0621. The van der Waals surface area contributed by atoms with Gasteiger partial charge < -0.3 is 14.2 Å². The Morgan fingerprint density at radius 3 is 1.82 bits per heavy atom. The highest BCUT2D eigenvalue weighted by Crippen LogP contribution is 2.44. The Kier molecular flexibility index (Phi) is 8.17. The van der Waals surface area contributed by atoms with Crippen molar-refractivity contribution in [3.63, 3.8) is 0 Å². The number of fused-ring (bicyclic) bond motifs is 1. The number of hydrogen-bond donors (Lipinski definition) is 0. The quantitative estimate of drug-likeness (QED) is 0.219. The van der Waals surface area contributed by atoms with Crippen molar-refractivity contribution in [2.45, 2.75) is 53.8 Å². The van der Waals surface area contributed by atoms with Crippen LogP contribution in [0.5, 0.6) is 5.75 Å². The molecule has 39 heavy (non-hydrogen) atoms. The molecule has 1 aromatic heterocycles. The van der Waals surface area contributed by atoms with Gasteiger partial charge in [0.25, 0.3) is 0 Å². The topological polar surface area (TPSA) is 61.8 Å². The van der Waals surface area contributed by atoms with Crippen molar-refractivity contribution in [2.24, 2.45) is 10.8 Å². The van der Waals surface area contributed by atoms with Gasteiger partial charge in [-0.1, -0.05) is 60.7 Å². The van der Waals surface area contributed by atoms with Crippen LogP contribution in [0.1, 0.15) is 75.3 Å². The van der Waals surface area contributed by atoms with Crippen LogP contribution in [-0.2, 0) is 19.1 Å². The van der Waals surface area contributed by atoms with Crippen molar-refractivity contribution >= 4 is 34.0 Å². The molecule has 0 aliphatic carbocycles. The number of carbonyl (C=O) groups excluding carboxylic acids is 2. The molecular weight excluding hydrogens is 508 g/mol. The van der Waals surface area contributed by atoms with Crippen molar-refractivity contribution in [3.8, 4) is 5.75 Å². The Hall–Kier alpha value is -3.64. The number of carbonyl (C=O) groups is 2. The minimum absolute atomic E-state index is 0.318. The molecule has 6 heteroatoms. The summed E-state index contributed by atoms with van der Waals surface area (Å²) in [7, 11) is 1.61. The fraction of sp³-hybridized carbons (Fsp3) is 0.333. The molecule has 0 bridgehead atoms. The molecule has 0 saturated heterocycles. The van der Waals surface area contributed by atoms with Crippen LogP contribution in [0.4, 0.5) is 0 Å². The Labute approximate surface area is 234 Å². The van der Waals surface area contributed by atoms with Crippen LogP contribution in [0.3, 0.4) is 0 Å². The van der Waals surface area contributed by atoms with Gasteiger partial charge in [0.05, 0.1) is 17.9 Å². The second-order valence-electron chi connectivity index (χ2n) is 11.6. The lowest BCUT2D eigenvalue weighted by Crippen LogP contribution is -2.28. The summed E-state index contributed by atoms with van der Waals surface area (Å²) < 4.78 is 18.4. The molecule has 2 unspecified atom stereocenters. The summed E-state index contributed by atoms with van der Waals surface area (Å²) in [4.78, 5) is 27.5. The minimum Gasteiger partial charge on any atom is -0.496 e. The third-order valence-electron chi connectivity index (χ3n) is 6.45. The zero-order valence-electron chi connectivity index (χ0n) is 23.6. The maximum atomic E-state index is 13.4. The molecule has 0 aliphatic heterocycles. The zero-order chi connectivity index (χ0) is 28.4. The van der Waals surface area contributed by atoms with E-state index in [9.17, 15) is 9.59 Å². The maximum absolute atomic E-state index is 13.4. The Bertz CT molecular complexity index is 1460. The summed E-state index contributed by atoms with van der Waals surface area (Å²) in [6.07, 6.45) is -1.49. The highest BCUT2D eigenvalue weighted by Gasteiger charge is 2.35. The zero-order valence-corrected chi connectivity index (χ0v) is 24.4. The lowest BCUT2D eigenvalue weighted by Gasteiger charge is -2.30. The number of benzene rings is 3. The van der Waals surface area contributed by atoms with Gasteiger partial charge in [0.15, 0.2) is 12.2 Å². The second kappa shape index (κ2) is 11.2. The molecule has 0 N–H and O–H groups in total. The van der Waals surface area contributed by atoms with Crippen LogP contribution in [0.25, 0.3) is 10.8 Å². The summed E-state index contributed by atoms with van der Waals surface area (Å²) in [6.45, 7) is 11.0. The van der Waals surface area contributed by atoms with Gasteiger partial charge in [-0.15, -0.1) is 11.3 Å². The van der Waals surface area contributed by atoms with Gasteiger partial charge in [0.1, 0.15) is 5.75 Å². The summed E-state index contributed by atoms with van der Waals surface area (Å²) in [5, 5.41) is 3.87. The SMILES string of the molecule is COc1ccc2ccccc2c1C(OC(=O)C(C)(C)C)c1ccccc1C(OC(=O)C(C)(C)C)c1cccs1. The summed E-state index contributed by atoms with van der Waals surface area (Å²) in [6, 6.07) is 23.4. The largest absolute Gasteiger partial charge is 0.496 e. The molecule has 2 atom stereocenters. The Balaban J connectivity index is 1.98. The molecule has 204 valence electrons. The average Bonchev–Trinajstić information content (AvgIpc) is 3.43. The normalized spacial score (nSPS) is 13.5. The monoisotopic (exact) mass is 544 g/mol. The van der Waals surface area contributed by atoms with E-state index in [2.05, 4.69) is 0 Å². The number of rotatable bonds is 7. The van der Waals surface area contributed by atoms with Gasteiger partial charge in [-0.25, -0.2) is 0 Å². The van der Waals surface area contributed by atoms with Gasteiger partial charge in [0, 0.05) is 21.6 Å². The van der Waals surface area contributed by atoms with E-state index in [1.165, 1.54) is 11.3 Å². The van der Waals surface area contributed by atoms with Crippen LogP contribution in [0.15, 0.2) is 78.2 Å². The second-order valence-corrected chi connectivity index (χ2v) is 12.6. The fourth-order valence-corrected chi connectivity index (χ4v) is 5.04. The number of esters is 2. The lowest BCUT2D eigenvalue weighted by atomic mass is 9.89. The van der Waals surface area contributed by atoms with Crippen molar-refractivity contribution in [2.75, 3.05) is 7.11 Å². The molecule has 0 aliphatic rings. The van der Waals surface area contributed by atoms with Crippen LogP contribution in [0, 0.1) is 10.8 Å². The fourth-order valence-electron chi connectivity index (χ4n) is 4.27. The smallest absolute Gasteiger partial charge is 0.312 e. The highest BCUT2D eigenvalue weighted by molar-refractivity contribution is 7.10. The Morgan fingerprint density at radius 1 is 0.692 bits per heavy atom. The molecule has 0 amide bonds. The van der Waals surface area contributed by atoms with Crippen molar-refractivity contribution < 1.29 is 23.8 Å². The molecule has 0 radical (unpaired) electrons. The first-order chi connectivity index (χ1) is 18.4. The van der Waals surface area contributed by atoms with E-state index in [1.807, 2.05) is 120 Å². The van der Waals surface area contributed by atoms with Crippen molar-refractivity contribution in [1.29, 1.82) is 0 Å². The third kappa shape index (κ3) is 6.17. The standard InChI is InChI=1S/C33H36O5S/c1-32(2,3)30(34)37-28(26-17-12-20-39-26)23-15-10-11-16-24(23)29(38-31(35)33(4,5)6)27-22-14-9-8-13-21(22)18-19-25(27)36-7/h8-20,28-29H,1-7H3. The molecule has 0 saturated carbocycles. The van der Waals surface area contributed by atoms with Crippen LogP contribution >= 0.6 is 11.3 Å². The molecule has 0 fully saturated rings. The molecule has 1 heterocycles. The first-order valence-electron chi connectivity index (χ1n) is 13.0. The molecule has 4 aromatic rings. The summed E-state index contributed by atoms with van der Waals surface area (Å²) >= 11 is 1.51. The van der Waals surface area contributed by atoms with Crippen LogP contribution in [-0.4, -0.2) is 19.0 Å². The highest BCUT2D eigenvalue weighted by atomic mass is 32.1. The number of methoxy groups -OCH3 is 1. The van der Waals surface area contributed by atoms with E-state index in [-0.39, 0.29) is 11.9 Å². The van der Waals surface area contributed by atoms with E-state index in [4.69, 9.17) is 14.2 Å². The summed E-state index contributed by atoms with van der Waals surface area (Å²) in [5.41, 5.74) is 0.787. The van der Waals surface area contributed by atoms with E-state index in [1.54, 1.807) is 7.11 Å². The van der Waals surface area contributed by atoms with Gasteiger partial charge in [-0.2, -0.15) is 0 Å². The Morgan fingerprint density at radius 2 is 1.26 bits per heavy atom. The van der Waals surface area contributed by atoms with Crippen molar-refractivity contribution in [1.82, 2.24) is 0 Å². The van der Waals surface area contributed by atoms with Gasteiger partial charge in [0.2, 0.25) is 0 Å². The van der Waals surface area contributed by atoms with Gasteiger partial charge in [-0.3, -0.25) is 9.59 Å². The first kappa shape index (κ1) is 28.4. The van der Waals surface area contributed by atoms with E-state index in [0.29, 0.717) is 5.75 Å². The molecule has 0 spiro atoms. The lowest BCUT2D eigenvalue weighted by molar-refractivity contribution is -0.158. The predicted molar refractivity (Wildman–Crippen MR) is 156 cm³/mol. The molecule has 5 nitrogen and oxygen atoms in total. The molecule has 3 aromatic carbocycles. The minimum atomic E-state index is -0.815. The maximum Gasteiger partial charge on any atom is 0.312 e. The number of ether oxygens (including phenoxy) is 3. The van der Waals surface area contributed by atoms with Gasteiger partial charge in [-0.05, 0) is 69.8 Å². The van der Waals surface area contributed by atoms with Crippen molar-refractivity contribution in [3.05, 3.63) is 99.7 Å². The third-order valence-corrected chi connectivity index (χ3v) is 7.37.